The molecule has 192 valence electrons. The van der Waals surface area contributed by atoms with Crippen LogP contribution in [-0.2, 0) is 14.8 Å². The van der Waals surface area contributed by atoms with Crippen molar-refractivity contribution < 1.29 is 17.7 Å². The summed E-state index contributed by atoms with van der Waals surface area (Å²) >= 11 is 0. The van der Waals surface area contributed by atoms with E-state index in [1.807, 2.05) is 30.9 Å². The Bertz CT molecular complexity index is 1570. The molecule has 4 aromatic rings. The summed E-state index contributed by atoms with van der Waals surface area (Å²) in [6, 6.07) is 9.76. The van der Waals surface area contributed by atoms with Gasteiger partial charge >= 0.3 is 0 Å². The van der Waals surface area contributed by atoms with Crippen molar-refractivity contribution in [1.29, 1.82) is 0 Å². The monoisotopic (exact) mass is 522 g/mol. The first-order valence-electron chi connectivity index (χ1n) is 11.6. The van der Waals surface area contributed by atoms with Gasteiger partial charge in [-0.25, -0.2) is 27.8 Å². The first-order chi connectivity index (χ1) is 17.6. The Labute approximate surface area is 213 Å². The van der Waals surface area contributed by atoms with Crippen molar-refractivity contribution in [2.45, 2.75) is 32.6 Å². The van der Waals surface area contributed by atoms with E-state index in [9.17, 15) is 13.2 Å². The molecule has 1 amide bonds. The van der Waals surface area contributed by atoms with Crippen LogP contribution in [-0.4, -0.2) is 52.3 Å². The Hall–Kier alpha value is -4.26. The van der Waals surface area contributed by atoms with E-state index in [4.69, 9.17) is 4.52 Å². The molecule has 12 nitrogen and oxygen atoms in total. The smallest absolute Gasteiger partial charge is 0.264 e. The maximum Gasteiger partial charge on any atom is 0.264 e. The molecule has 1 aliphatic rings. The lowest BCUT2D eigenvalue weighted by Crippen LogP contribution is -2.52. The van der Waals surface area contributed by atoms with Gasteiger partial charge in [0.15, 0.2) is 5.82 Å². The van der Waals surface area contributed by atoms with Gasteiger partial charge in [0.05, 0.1) is 22.2 Å². The zero-order valence-corrected chi connectivity index (χ0v) is 21.6. The lowest BCUT2D eigenvalue weighted by molar-refractivity contribution is -0.120. The molecular weight excluding hydrogens is 496 g/mol. The summed E-state index contributed by atoms with van der Waals surface area (Å²) in [6.07, 6.45) is 1.49. The average molecular weight is 523 g/mol. The lowest BCUT2D eigenvalue weighted by atomic mass is 9.99. The summed E-state index contributed by atoms with van der Waals surface area (Å²) in [4.78, 5) is 23.4. The highest BCUT2D eigenvalue weighted by Gasteiger charge is 2.34. The Morgan fingerprint density at radius 3 is 2.35 bits per heavy atom. The fourth-order valence-corrected chi connectivity index (χ4v) is 5.02. The molecule has 13 heteroatoms. The van der Waals surface area contributed by atoms with Crippen molar-refractivity contribution in [3.63, 3.8) is 0 Å². The van der Waals surface area contributed by atoms with Crippen molar-refractivity contribution >= 4 is 33.3 Å². The molecule has 0 unspecified atom stereocenters. The van der Waals surface area contributed by atoms with Gasteiger partial charge in [-0.2, -0.15) is 5.10 Å². The van der Waals surface area contributed by atoms with Gasteiger partial charge in [0, 0.05) is 36.1 Å². The summed E-state index contributed by atoms with van der Waals surface area (Å²) in [5.41, 5.74) is 3.60. The van der Waals surface area contributed by atoms with Crippen LogP contribution in [0.3, 0.4) is 0 Å². The third-order valence-electron chi connectivity index (χ3n) is 6.26. The minimum absolute atomic E-state index is 0.0379. The predicted octanol–water partition coefficient (Wildman–Crippen LogP) is 2.76. The van der Waals surface area contributed by atoms with Crippen LogP contribution in [0.2, 0.25) is 0 Å². The number of carbonyl (C=O) groups is 1. The molecule has 4 heterocycles. The number of amides is 1. The molecule has 5 rings (SSSR count). The van der Waals surface area contributed by atoms with Crippen LogP contribution in [0.4, 0.5) is 17.4 Å². The van der Waals surface area contributed by atoms with Gasteiger partial charge in [0.25, 0.3) is 10.0 Å². The number of nitrogens with one attached hydrogen (secondary N) is 2. The third-order valence-corrected chi connectivity index (χ3v) is 7.60. The molecule has 1 aromatic carbocycles. The number of carbonyl (C=O) groups excluding carboxylic acids is 1. The number of benzene rings is 1. The van der Waals surface area contributed by atoms with Gasteiger partial charge in [-0.1, -0.05) is 5.16 Å². The van der Waals surface area contributed by atoms with Gasteiger partial charge in [0.2, 0.25) is 11.8 Å². The van der Waals surface area contributed by atoms with Gasteiger partial charge in [-0.15, -0.1) is 0 Å². The lowest BCUT2D eigenvalue weighted by Gasteiger charge is -2.39. The van der Waals surface area contributed by atoms with E-state index < -0.39 is 10.0 Å². The molecule has 3 aromatic heterocycles. The van der Waals surface area contributed by atoms with E-state index in [0.29, 0.717) is 35.9 Å². The SMILES string of the molecule is Cc1cc(C)n(-c2cc(N3CC(C(=O)Nc4ccc(S(=O)(=O)Nc5onc(C)c5C)cc4)C3)ncn2)n1. The highest BCUT2D eigenvalue weighted by Crippen LogP contribution is 2.26. The fraction of sp³-hybridized carbons (Fsp3) is 0.292. The van der Waals surface area contributed by atoms with Crippen molar-refractivity contribution in [3.05, 3.63) is 65.4 Å². The van der Waals surface area contributed by atoms with Crippen molar-refractivity contribution in [1.82, 2.24) is 24.9 Å². The minimum Gasteiger partial charge on any atom is -0.355 e. The average Bonchev–Trinajstić information content (AvgIpc) is 3.33. The standard InChI is InChI=1S/C24H26N8O4S/c1-14-9-15(2)32(28-14)22-10-21(25-13-26-22)31-11-18(12-31)23(33)27-19-5-7-20(8-6-19)37(34,35)30-24-16(3)17(4)29-36-24/h5-10,13,18,30H,11-12H2,1-4H3,(H,27,33). The number of sulfonamides is 1. The molecule has 0 radical (unpaired) electrons. The summed E-state index contributed by atoms with van der Waals surface area (Å²) in [7, 11) is -3.86. The zero-order chi connectivity index (χ0) is 26.3. The van der Waals surface area contributed by atoms with Crippen molar-refractivity contribution in [2.75, 3.05) is 28.0 Å². The predicted molar refractivity (Wildman–Crippen MR) is 136 cm³/mol. The first kappa shape index (κ1) is 24.4. The number of anilines is 3. The van der Waals surface area contributed by atoms with Crippen LogP contribution >= 0.6 is 0 Å². The quantitative estimate of drug-likeness (QED) is 0.374. The summed E-state index contributed by atoms with van der Waals surface area (Å²) in [6.45, 7) is 8.34. The van der Waals surface area contributed by atoms with E-state index >= 15 is 0 Å². The maximum absolute atomic E-state index is 12.7. The number of hydrogen-bond donors (Lipinski definition) is 2. The van der Waals surface area contributed by atoms with E-state index in [-0.39, 0.29) is 22.6 Å². The molecule has 0 spiro atoms. The van der Waals surface area contributed by atoms with E-state index in [0.717, 1.165) is 17.2 Å². The second-order valence-corrected chi connectivity index (χ2v) is 10.7. The Kier molecular flexibility index (Phi) is 6.15. The first-order valence-corrected chi connectivity index (χ1v) is 13.1. The van der Waals surface area contributed by atoms with Crippen molar-refractivity contribution in [2.24, 2.45) is 5.92 Å². The molecule has 37 heavy (non-hydrogen) atoms. The van der Waals surface area contributed by atoms with Crippen LogP contribution in [0.1, 0.15) is 22.6 Å². The van der Waals surface area contributed by atoms with Gasteiger partial charge in [-0.05, 0) is 58.0 Å². The topological polar surface area (TPSA) is 148 Å². The van der Waals surface area contributed by atoms with Gasteiger partial charge in [-0.3, -0.25) is 4.79 Å². The number of nitrogens with zero attached hydrogens (tertiary/aromatic N) is 6. The second-order valence-electron chi connectivity index (χ2n) is 9.02. The second kappa shape index (κ2) is 9.32. The molecule has 0 bridgehead atoms. The van der Waals surface area contributed by atoms with Crippen LogP contribution in [0, 0.1) is 33.6 Å². The minimum atomic E-state index is -3.86. The van der Waals surface area contributed by atoms with E-state index in [1.165, 1.54) is 18.5 Å². The maximum atomic E-state index is 12.7. The van der Waals surface area contributed by atoms with Crippen LogP contribution in [0.15, 0.2) is 52.1 Å². The van der Waals surface area contributed by atoms with Crippen molar-refractivity contribution in [3.8, 4) is 5.82 Å². The Balaban J connectivity index is 1.18. The van der Waals surface area contributed by atoms with Gasteiger partial charge in [0.1, 0.15) is 12.1 Å². The molecule has 2 N–H and O–H groups in total. The number of aromatic nitrogens is 5. The largest absolute Gasteiger partial charge is 0.355 e. The summed E-state index contributed by atoms with van der Waals surface area (Å²) < 4.78 is 34.5. The number of aryl methyl sites for hydroxylation is 3. The molecule has 1 aliphatic heterocycles. The number of rotatable bonds is 7. The van der Waals surface area contributed by atoms with Gasteiger partial charge < -0.3 is 14.7 Å². The van der Waals surface area contributed by atoms with E-state index in [1.54, 1.807) is 30.7 Å². The Morgan fingerprint density at radius 2 is 1.73 bits per heavy atom. The molecule has 1 saturated heterocycles. The summed E-state index contributed by atoms with van der Waals surface area (Å²) in [5, 5.41) is 11.1. The van der Waals surface area contributed by atoms with Crippen LogP contribution in [0.25, 0.3) is 5.82 Å². The normalized spacial score (nSPS) is 13.9. The molecule has 0 aliphatic carbocycles. The zero-order valence-electron chi connectivity index (χ0n) is 20.8. The molecule has 1 fully saturated rings. The van der Waals surface area contributed by atoms with E-state index in [2.05, 4.69) is 30.3 Å². The molecule has 0 saturated carbocycles. The highest BCUT2D eigenvalue weighted by molar-refractivity contribution is 7.92. The molecule has 0 atom stereocenters. The molecular formula is C24H26N8O4S. The highest BCUT2D eigenvalue weighted by atomic mass is 32.2. The van der Waals surface area contributed by atoms with Crippen LogP contribution < -0.4 is 14.9 Å². The van der Waals surface area contributed by atoms with Crippen LogP contribution in [0.5, 0.6) is 0 Å². The fourth-order valence-electron chi connectivity index (χ4n) is 3.97. The Morgan fingerprint density at radius 1 is 1.03 bits per heavy atom. The summed E-state index contributed by atoms with van der Waals surface area (Å²) in [5.74, 6) is 1.10. The number of hydrogen-bond acceptors (Lipinski definition) is 9. The third kappa shape index (κ3) is 4.89.